The molecule has 2 aromatic carbocycles. The van der Waals surface area contributed by atoms with Crippen LogP contribution in [-0.4, -0.2) is 37.6 Å². The summed E-state index contributed by atoms with van der Waals surface area (Å²) < 4.78 is 27.4. The monoisotopic (exact) mass is 477 g/mol. The normalized spacial score (nSPS) is 14.9. The Hall–Kier alpha value is -2.42. The van der Waals surface area contributed by atoms with Gasteiger partial charge in [-0.25, -0.2) is 8.42 Å². The van der Waals surface area contributed by atoms with E-state index in [2.05, 4.69) is 10.6 Å². The molecule has 172 valence electrons. The topological polar surface area (TPSA) is 95.6 Å². The van der Waals surface area contributed by atoms with Crippen molar-refractivity contribution in [2.45, 2.75) is 44.4 Å². The van der Waals surface area contributed by atoms with Crippen LogP contribution in [0.25, 0.3) is 0 Å². The summed E-state index contributed by atoms with van der Waals surface area (Å²) >= 11 is 6.18. The van der Waals surface area contributed by atoms with Gasteiger partial charge in [0.1, 0.15) is 4.90 Å². The predicted octanol–water partition coefficient (Wildman–Crippen LogP) is 4.75. The van der Waals surface area contributed by atoms with Crippen molar-refractivity contribution in [1.29, 1.82) is 0 Å². The third-order valence-corrected chi connectivity index (χ3v) is 7.53. The molecular formula is C23H28ClN3O4S. The van der Waals surface area contributed by atoms with Gasteiger partial charge in [-0.2, -0.15) is 4.31 Å². The van der Waals surface area contributed by atoms with Crippen molar-refractivity contribution in [3.63, 3.8) is 0 Å². The highest BCUT2D eigenvalue weighted by Crippen LogP contribution is 2.28. The minimum Gasteiger partial charge on any atom is -0.326 e. The van der Waals surface area contributed by atoms with Crippen molar-refractivity contribution in [2.24, 2.45) is 5.92 Å². The second-order valence-electron chi connectivity index (χ2n) is 8.29. The van der Waals surface area contributed by atoms with Gasteiger partial charge in [0, 0.05) is 36.4 Å². The number of sulfonamides is 1. The van der Waals surface area contributed by atoms with E-state index >= 15 is 0 Å². The van der Waals surface area contributed by atoms with Gasteiger partial charge in [0.2, 0.25) is 15.9 Å². The minimum atomic E-state index is -3.77. The second kappa shape index (κ2) is 10.5. The number of amides is 2. The molecule has 2 aromatic rings. The summed E-state index contributed by atoms with van der Waals surface area (Å²) in [6.45, 7) is 4.85. The molecule has 7 nitrogen and oxygen atoms in total. The zero-order valence-electron chi connectivity index (χ0n) is 18.2. The third-order valence-electron chi connectivity index (χ3n) is 5.15. The molecule has 1 fully saturated rings. The first kappa shape index (κ1) is 24.2. The van der Waals surface area contributed by atoms with Crippen LogP contribution >= 0.6 is 11.6 Å². The van der Waals surface area contributed by atoms with Gasteiger partial charge < -0.3 is 10.6 Å². The van der Waals surface area contributed by atoms with E-state index in [1.165, 1.54) is 22.5 Å². The summed E-state index contributed by atoms with van der Waals surface area (Å²) in [5, 5.41) is 5.65. The van der Waals surface area contributed by atoms with E-state index in [0.29, 0.717) is 30.9 Å². The van der Waals surface area contributed by atoms with Gasteiger partial charge >= 0.3 is 0 Å². The van der Waals surface area contributed by atoms with Gasteiger partial charge in [-0.1, -0.05) is 31.9 Å². The first-order valence-corrected chi connectivity index (χ1v) is 12.5. The molecule has 9 heteroatoms. The number of anilines is 2. The highest BCUT2D eigenvalue weighted by atomic mass is 35.5. The average molecular weight is 478 g/mol. The van der Waals surface area contributed by atoms with E-state index < -0.39 is 15.9 Å². The molecule has 0 atom stereocenters. The molecule has 0 bridgehead atoms. The van der Waals surface area contributed by atoms with E-state index in [1.807, 2.05) is 13.8 Å². The molecule has 1 heterocycles. The first-order chi connectivity index (χ1) is 15.2. The average Bonchev–Trinajstić information content (AvgIpc) is 2.75. The highest BCUT2D eigenvalue weighted by Gasteiger charge is 2.28. The van der Waals surface area contributed by atoms with Crippen LogP contribution in [0.2, 0.25) is 5.02 Å². The van der Waals surface area contributed by atoms with E-state index in [9.17, 15) is 18.0 Å². The Balaban J connectivity index is 1.72. The molecule has 0 aromatic heterocycles. The molecule has 1 aliphatic heterocycles. The zero-order chi connectivity index (χ0) is 23.3. The van der Waals surface area contributed by atoms with Gasteiger partial charge in [0.15, 0.2) is 0 Å². The largest absolute Gasteiger partial charge is 0.326 e. The van der Waals surface area contributed by atoms with Gasteiger partial charge in [-0.3, -0.25) is 9.59 Å². The van der Waals surface area contributed by atoms with Gasteiger partial charge in [0.25, 0.3) is 5.91 Å². The Morgan fingerprint density at radius 2 is 1.56 bits per heavy atom. The van der Waals surface area contributed by atoms with Crippen LogP contribution in [-0.2, 0) is 14.8 Å². The molecule has 2 amide bonds. The van der Waals surface area contributed by atoms with Crippen LogP contribution in [0.3, 0.4) is 0 Å². The molecule has 0 saturated carbocycles. The molecule has 0 spiro atoms. The lowest BCUT2D eigenvalue weighted by atomic mass is 10.1. The molecule has 0 aliphatic carbocycles. The Morgan fingerprint density at radius 3 is 2.16 bits per heavy atom. The summed E-state index contributed by atoms with van der Waals surface area (Å²) in [5.41, 5.74) is 1.35. The molecular weight excluding hydrogens is 450 g/mol. The predicted molar refractivity (Wildman–Crippen MR) is 127 cm³/mol. The quantitative estimate of drug-likeness (QED) is 0.601. The van der Waals surface area contributed by atoms with Crippen LogP contribution in [0.15, 0.2) is 47.4 Å². The molecule has 1 saturated heterocycles. The summed E-state index contributed by atoms with van der Waals surface area (Å²) in [4.78, 5) is 24.6. The van der Waals surface area contributed by atoms with Crippen LogP contribution in [0.4, 0.5) is 11.4 Å². The highest BCUT2D eigenvalue weighted by molar-refractivity contribution is 7.89. The Bertz CT molecular complexity index is 1080. The van der Waals surface area contributed by atoms with E-state index in [-0.39, 0.29) is 27.3 Å². The smallest absolute Gasteiger partial charge is 0.255 e. The number of rotatable bonds is 7. The van der Waals surface area contributed by atoms with Gasteiger partial charge in [0.05, 0.1) is 5.02 Å². The van der Waals surface area contributed by atoms with Crippen LogP contribution < -0.4 is 10.6 Å². The van der Waals surface area contributed by atoms with Crippen molar-refractivity contribution in [3.8, 4) is 0 Å². The lowest BCUT2D eigenvalue weighted by molar-refractivity contribution is -0.116. The SMILES string of the molecule is CC(C)CC(=O)Nc1ccc(NC(=O)c2ccc(Cl)c(S(=O)(=O)N3CCCCC3)c2)cc1. The number of carbonyl (C=O) groups is 2. The van der Waals surface area contributed by atoms with Crippen molar-refractivity contribution in [1.82, 2.24) is 4.31 Å². The van der Waals surface area contributed by atoms with Crippen molar-refractivity contribution < 1.29 is 18.0 Å². The molecule has 0 unspecified atom stereocenters. The Labute approximate surface area is 194 Å². The summed E-state index contributed by atoms with van der Waals surface area (Å²) in [5.74, 6) is -0.259. The third kappa shape index (κ3) is 6.09. The van der Waals surface area contributed by atoms with Crippen LogP contribution in [0.1, 0.15) is 49.9 Å². The molecule has 32 heavy (non-hydrogen) atoms. The zero-order valence-corrected chi connectivity index (χ0v) is 19.8. The fourth-order valence-electron chi connectivity index (χ4n) is 3.51. The molecule has 0 radical (unpaired) electrons. The summed E-state index contributed by atoms with van der Waals surface area (Å²) in [7, 11) is -3.77. The number of hydrogen-bond donors (Lipinski definition) is 2. The van der Waals surface area contributed by atoms with Crippen LogP contribution in [0.5, 0.6) is 0 Å². The number of nitrogens with zero attached hydrogens (tertiary/aromatic N) is 1. The standard InChI is InChI=1S/C23H28ClN3O4S/c1-16(2)14-22(28)25-18-7-9-19(10-8-18)26-23(29)17-6-11-20(24)21(15-17)32(30,31)27-12-4-3-5-13-27/h6-11,15-16H,3-5,12-14H2,1-2H3,(H,25,28)(H,26,29). The lowest BCUT2D eigenvalue weighted by Gasteiger charge is -2.26. The van der Waals surface area contributed by atoms with E-state index in [0.717, 1.165) is 19.3 Å². The minimum absolute atomic E-state index is 0.0584. The van der Waals surface area contributed by atoms with Crippen molar-refractivity contribution in [2.75, 3.05) is 23.7 Å². The second-order valence-corrected chi connectivity index (χ2v) is 10.6. The van der Waals surface area contributed by atoms with E-state index in [4.69, 9.17) is 11.6 Å². The fraction of sp³-hybridized carbons (Fsp3) is 0.391. The summed E-state index contributed by atoms with van der Waals surface area (Å²) in [6.07, 6.45) is 3.05. The van der Waals surface area contributed by atoms with Crippen LogP contribution in [0, 0.1) is 5.92 Å². The summed E-state index contributed by atoms with van der Waals surface area (Å²) in [6, 6.07) is 11.0. The number of carbonyl (C=O) groups excluding carboxylic acids is 2. The number of piperidine rings is 1. The Morgan fingerprint density at radius 1 is 0.969 bits per heavy atom. The number of benzene rings is 2. The first-order valence-electron chi connectivity index (χ1n) is 10.7. The molecule has 3 rings (SSSR count). The molecule has 2 N–H and O–H groups in total. The van der Waals surface area contributed by atoms with Gasteiger partial charge in [-0.15, -0.1) is 0 Å². The maximum Gasteiger partial charge on any atom is 0.255 e. The Kier molecular flexibility index (Phi) is 7.92. The molecule has 1 aliphatic rings. The van der Waals surface area contributed by atoms with Crippen molar-refractivity contribution >= 4 is 44.8 Å². The number of hydrogen-bond acceptors (Lipinski definition) is 4. The van der Waals surface area contributed by atoms with Crippen molar-refractivity contribution in [3.05, 3.63) is 53.1 Å². The number of nitrogens with one attached hydrogen (secondary N) is 2. The maximum absolute atomic E-state index is 13.0. The maximum atomic E-state index is 13.0. The number of halogens is 1. The fourth-order valence-corrected chi connectivity index (χ4v) is 5.53. The van der Waals surface area contributed by atoms with Gasteiger partial charge in [-0.05, 0) is 61.2 Å². The van der Waals surface area contributed by atoms with E-state index in [1.54, 1.807) is 24.3 Å². The lowest BCUT2D eigenvalue weighted by Crippen LogP contribution is -2.35.